The maximum Gasteiger partial charge on any atom is 0.431 e. The third-order valence-electron chi connectivity index (χ3n) is 3.56. The Morgan fingerprint density at radius 3 is 2.50 bits per heavy atom. The fourth-order valence-corrected chi connectivity index (χ4v) is 2.54. The van der Waals surface area contributed by atoms with Crippen molar-refractivity contribution in [1.82, 2.24) is 5.06 Å². The molecule has 1 N–H and O–H groups in total. The van der Waals surface area contributed by atoms with E-state index in [9.17, 15) is 9.90 Å². The zero-order chi connectivity index (χ0) is 14.9. The molecule has 0 saturated carbocycles. The number of benzene rings is 1. The predicted octanol–water partition coefficient (Wildman–Crippen LogP) is 3.97. The molecule has 1 aromatic carbocycles. The summed E-state index contributed by atoms with van der Waals surface area (Å²) in [5, 5.41) is 10.3. The minimum atomic E-state index is -1.07. The number of carbonyl (C=O) groups is 1. The van der Waals surface area contributed by atoms with E-state index in [2.05, 4.69) is 6.58 Å². The van der Waals surface area contributed by atoms with Crippen molar-refractivity contribution < 1.29 is 14.7 Å². The van der Waals surface area contributed by atoms with Gasteiger partial charge in [0.1, 0.15) is 6.10 Å². The van der Waals surface area contributed by atoms with Gasteiger partial charge >= 0.3 is 6.09 Å². The Labute approximate surface area is 119 Å². The van der Waals surface area contributed by atoms with E-state index in [1.165, 1.54) is 0 Å². The summed E-state index contributed by atoms with van der Waals surface area (Å²) in [7, 11) is 0. The Morgan fingerprint density at radius 1 is 1.40 bits per heavy atom. The first kappa shape index (κ1) is 14.6. The molecule has 2 atom stereocenters. The van der Waals surface area contributed by atoms with Gasteiger partial charge in [-0.15, -0.1) is 6.58 Å². The van der Waals surface area contributed by atoms with Crippen LogP contribution in [0.1, 0.15) is 43.9 Å². The number of hydrogen-bond acceptors (Lipinski definition) is 2. The van der Waals surface area contributed by atoms with E-state index in [1.54, 1.807) is 6.08 Å². The average Bonchev–Trinajstić information content (AvgIpc) is 2.54. The van der Waals surface area contributed by atoms with E-state index in [-0.39, 0.29) is 24.0 Å². The molecule has 2 rings (SSSR count). The Kier molecular flexibility index (Phi) is 3.86. The Hall–Kier alpha value is -1.81. The van der Waals surface area contributed by atoms with Crippen molar-refractivity contribution in [3.8, 4) is 0 Å². The molecule has 1 aliphatic heterocycles. The van der Waals surface area contributed by atoms with Crippen LogP contribution in [0, 0.1) is 5.41 Å². The number of rotatable bonds is 1. The SMILES string of the molecule is C=CC1CN(C(=O)O)OC(C(C)(C)C)c2ccccc21. The van der Waals surface area contributed by atoms with Crippen LogP contribution in [0.4, 0.5) is 4.79 Å². The molecule has 20 heavy (non-hydrogen) atoms. The van der Waals surface area contributed by atoms with Gasteiger partial charge < -0.3 is 5.11 Å². The van der Waals surface area contributed by atoms with Crippen molar-refractivity contribution in [3.63, 3.8) is 0 Å². The fourth-order valence-electron chi connectivity index (χ4n) is 2.54. The minimum Gasteiger partial charge on any atom is -0.463 e. The first-order chi connectivity index (χ1) is 9.34. The van der Waals surface area contributed by atoms with Crippen molar-refractivity contribution in [3.05, 3.63) is 48.0 Å². The first-order valence-electron chi connectivity index (χ1n) is 6.73. The predicted molar refractivity (Wildman–Crippen MR) is 77.4 cm³/mol. The van der Waals surface area contributed by atoms with Gasteiger partial charge in [0.2, 0.25) is 0 Å². The van der Waals surface area contributed by atoms with Gasteiger partial charge in [-0.25, -0.2) is 4.79 Å². The molecule has 1 amide bonds. The summed E-state index contributed by atoms with van der Waals surface area (Å²) < 4.78 is 0. The summed E-state index contributed by atoms with van der Waals surface area (Å²) in [6, 6.07) is 7.95. The van der Waals surface area contributed by atoms with E-state index in [4.69, 9.17) is 4.84 Å². The van der Waals surface area contributed by atoms with Crippen molar-refractivity contribution in [2.75, 3.05) is 6.54 Å². The van der Waals surface area contributed by atoms with Crippen molar-refractivity contribution in [2.45, 2.75) is 32.8 Å². The maximum atomic E-state index is 11.4. The summed E-state index contributed by atoms with van der Waals surface area (Å²) in [6.45, 7) is 10.2. The molecule has 1 aromatic rings. The van der Waals surface area contributed by atoms with Crippen LogP contribution < -0.4 is 0 Å². The van der Waals surface area contributed by atoms with Crippen LogP contribution in [-0.2, 0) is 4.84 Å². The normalized spacial score (nSPS) is 22.9. The molecular weight excluding hydrogens is 254 g/mol. The number of amides is 1. The Morgan fingerprint density at radius 2 is 2.00 bits per heavy atom. The van der Waals surface area contributed by atoms with Gasteiger partial charge in [-0.05, 0) is 16.5 Å². The zero-order valence-electron chi connectivity index (χ0n) is 12.2. The van der Waals surface area contributed by atoms with Crippen LogP contribution in [0.25, 0.3) is 0 Å². The Bertz CT molecular complexity index is 519. The van der Waals surface area contributed by atoms with E-state index < -0.39 is 6.09 Å². The molecule has 0 radical (unpaired) electrons. The monoisotopic (exact) mass is 275 g/mol. The van der Waals surface area contributed by atoms with Crippen LogP contribution in [0.3, 0.4) is 0 Å². The molecule has 1 aliphatic rings. The third kappa shape index (κ3) is 2.70. The number of hydrogen-bond donors (Lipinski definition) is 1. The van der Waals surface area contributed by atoms with Crippen LogP contribution >= 0.6 is 0 Å². The Balaban J connectivity index is 2.55. The second-order valence-corrected chi connectivity index (χ2v) is 6.17. The minimum absolute atomic E-state index is 0.0605. The number of fused-ring (bicyclic) bond motifs is 1. The highest BCUT2D eigenvalue weighted by Gasteiger charge is 2.37. The van der Waals surface area contributed by atoms with Gasteiger partial charge in [0, 0.05) is 5.92 Å². The highest BCUT2D eigenvalue weighted by atomic mass is 16.7. The molecule has 1 heterocycles. The van der Waals surface area contributed by atoms with Crippen LogP contribution in [-0.4, -0.2) is 22.8 Å². The highest BCUT2D eigenvalue weighted by Crippen LogP contribution is 2.42. The second kappa shape index (κ2) is 5.29. The van der Waals surface area contributed by atoms with Crippen LogP contribution in [0.5, 0.6) is 0 Å². The van der Waals surface area contributed by atoms with Gasteiger partial charge in [-0.1, -0.05) is 51.1 Å². The standard InChI is InChI=1S/C16H21NO3/c1-5-11-10-17(15(18)19)20-14(16(2,3)4)13-9-7-6-8-12(11)13/h5-9,11,14H,1,10H2,2-4H3,(H,18,19). The topological polar surface area (TPSA) is 49.8 Å². The van der Waals surface area contributed by atoms with Crippen molar-refractivity contribution in [1.29, 1.82) is 0 Å². The number of nitrogens with zero attached hydrogens (tertiary/aromatic N) is 1. The summed E-state index contributed by atoms with van der Waals surface area (Å²) in [6.07, 6.45) is 0.405. The summed E-state index contributed by atoms with van der Waals surface area (Å²) >= 11 is 0. The lowest BCUT2D eigenvalue weighted by Crippen LogP contribution is -2.35. The number of hydroxylamine groups is 2. The molecule has 0 fully saturated rings. The van der Waals surface area contributed by atoms with E-state index in [0.29, 0.717) is 0 Å². The molecule has 0 spiro atoms. The molecule has 0 aliphatic carbocycles. The maximum absolute atomic E-state index is 11.4. The lowest BCUT2D eigenvalue weighted by atomic mass is 9.81. The summed E-state index contributed by atoms with van der Waals surface area (Å²) in [5.74, 6) is -0.0605. The molecule has 0 aromatic heterocycles. The van der Waals surface area contributed by atoms with Crippen LogP contribution in [0.2, 0.25) is 0 Å². The van der Waals surface area contributed by atoms with Gasteiger partial charge in [0.15, 0.2) is 0 Å². The quantitative estimate of drug-likeness (QED) is 0.789. The molecule has 108 valence electrons. The van der Waals surface area contributed by atoms with Crippen LogP contribution in [0.15, 0.2) is 36.9 Å². The fraction of sp³-hybridized carbons (Fsp3) is 0.438. The molecule has 4 nitrogen and oxygen atoms in total. The molecule has 4 heteroatoms. The van der Waals surface area contributed by atoms with E-state index >= 15 is 0 Å². The van der Waals surface area contributed by atoms with Crippen molar-refractivity contribution in [2.24, 2.45) is 5.41 Å². The summed E-state index contributed by atoms with van der Waals surface area (Å²) in [4.78, 5) is 17.1. The molecule has 0 saturated heterocycles. The smallest absolute Gasteiger partial charge is 0.431 e. The van der Waals surface area contributed by atoms with Gasteiger partial charge in [-0.3, -0.25) is 4.84 Å². The lowest BCUT2D eigenvalue weighted by molar-refractivity contribution is -0.198. The van der Waals surface area contributed by atoms with Gasteiger partial charge in [0.05, 0.1) is 6.54 Å². The first-order valence-corrected chi connectivity index (χ1v) is 6.73. The van der Waals surface area contributed by atoms with E-state index in [0.717, 1.165) is 16.2 Å². The number of carboxylic acid groups (broad SMARTS) is 1. The zero-order valence-corrected chi connectivity index (χ0v) is 12.2. The largest absolute Gasteiger partial charge is 0.463 e. The molecule has 0 bridgehead atoms. The lowest BCUT2D eigenvalue weighted by Gasteiger charge is -2.32. The summed E-state index contributed by atoms with van der Waals surface area (Å²) in [5.41, 5.74) is 1.92. The average molecular weight is 275 g/mol. The third-order valence-corrected chi connectivity index (χ3v) is 3.56. The highest BCUT2D eigenvalue weighted by molar-refractivity contribution is 5.64. The van der Waals surface area contributed by atoms with Gasteiger partial charge in [0.25, 0.3) is 0 Å². The second-order valence-electron chi connectivity index (χ2n) is 6.17. The van der Waals surface area contributed by atoms with Gasteiger partial charge in [-0.2, -0.15) is 5.06 Å². The molecular formula is C16H21NO3. The van der Waals surface area contributed by atoms with Crippen molar-refractivity contribution >= 4 is 6.09 Å². The molecule has 2 unspecified atom stereocenters. The van der Waals surface area contributed by atoms with E-state index in [1.807, 2.05) is 45.0 Å².